The first-order valence-electron chi connectivity index (χ1n) is 7.18. The van der Waals surface area contributed by atoms with E-state index in [2.05, 4.69) is 56.9 Å². The van der Waals surface area contributed by atoms with Gasteiger partial charge in [-0.25, -0.2) is 0 Å². The lowest BCUT2D eigenvalue weighted by Gasteiger charge is -2.49. The molecule has 1 aromatic carbocycles. The number of nitrogens with zero attached hydrogens (tertiary/aromatic N) is 2. The van der Waals surface area contributed by atoms with Crippen molar-refractivity contribution >= 4 is 5.69 Å². The molecule has 0 bridgehead atoms. The van der Waals surface area contributed by atoms with Crippen molar-refractivity contribution in [3.05, 3.63) is 29.3 Å². The molecule has 0 radical (unpaired) electrons. The summed E-state index contributed by atoms with van der Waals surface area (Å²) in [6.45, 7) is 9.99. The average Bonchev–Trinajstić information content (AvgIpc) is 2.33. The molecular formula is C17H24N2. The van der Waals surface area contributed by atoms with Gasteiger partial charge >= 0.3 is 0 Å². The second-order valence-electron chi connectivity index (χ2n) is 6.30. The summed E-state index contributed by atoms with van der Waals surface area (Å²) < 4.78 is 0. The van der Waals surface area contributed by atoms with E-state index in [4.69, 9.17) is 5.26 Å². The molecule has 1 aliphatic rings. The SMILES string of the molecule is Cc1ccc(N2CCCC(CC#N)C2(C)C)c(C)c1. The van der Waals surface area contributed by atoms with Gasteiger partial charge in [-0.3, -0.25) is 0 Å². The van der Waals surface area contributed by atoms with E-state index in [0.717, 1.165) is 6.54 Å². The number of aryl methyl sites for hydroxylation is 2. The first-order chi connectivity index (χ1) is 8.96. The predicted molar refractivity (Wildman–Crippen MR) is 80.3 cm³/mol. The maximum absolute atomic E-state index is 9.03. The lowest BCUT2D eigenvalue weighted by Crippen LogP contribution is -2.53. The Morgan fingerprint density at radius 3 is 2.74 bits per heavy atom. The second-order valence-corrected chi connectivity index (χ2v) is 6.30. The van der Waals surface area contributed by atoms with Crippen LogP contribution < -0.4 is 4.90 Å². The molecule has 19 heavy (non-hydrogen) atoms. The van der Waals surface area contributed by atoms with Crippen molar-refractivity contribution in [1.82, 2.24) is 0 Å². The van der Waals surface area contributed by atoms with Crippen LogP contribution in [0.5, 0.6) is 0 Å². The van der Waals surface area contributed by atoms with Crippen LogP contribution in [0.1, 0.15) is 44.2 Å². The fourth-order valence-corrected chi connectivity index (χ4v) is 3.36. The third-order valence-electron chi connectivity index (χ3n) is 4.61. The van der Waals surface area contributed by atoms with E-state index in [1.807, 2.05) is 0 Å². The van der Waals surface area contributed by atoms with E-state index in [1.165, 1.54) is 29.7 Å². The molecule has 0 aromatic heterocycles. The molecule has 2 heteroatoms. The van der Waals surface area contributed by atoms with Gasteiger partial charge in [0.2, 0.25) is 0 Å². The number of rotatable bonds is 2. The van der Waals surface area contributed by atoms with Crippen LogP contribution in [0, 0.1) is 31.1 Å². The van der Waals surface area contributed by atoms with Crippen molar-refractivity contribution in [2.24, 2.45) is 5.92 Å². The predicted octanol–water partition coefficient (Wildman–Crippen LogP) is 4.21. The van der Waals surface area contributed by atoms with Crippen molar-refractivity contribution in [3.63, 3.8) is 0 Å². The largest absolute Gasteiger partial charge is 0.366 e. The lowest BCUT2D eigenvalue weighted by atomic mass is 9.77. The number of piperidine rings is 1. The number of hydrogen-bond donors (Lipinski definition) is 0. The molecule has 1 aromatic rings. The highest BCUT2D eigenvalue weighted by Gasteiger charge is 2.38. The summed E-state index contributed by atoms with van der Waals surface area (Å²) in [6, 6.07) is 9.04. The molecule has 0 amide bonds. The quantitative estimate of drug-likeness (QED) is 0.792. The molecule has 1 heterocycles. The Balaban J connectivity index is 2.35. The van der Waals surface area contributed by atoms with Crippen LogP contribution in [0.4, 0.5) is 5.69 Å². The Hall–Kier alpha value is -1.49. The average molecular weight is 256 g/mol. The van der Waals surface area contributed by atoms with Gasteiger partial charge in [0.05, 0.1) is 6.07 Å². The standard InChI is InChI=1S/C17H24N2/c1-13-7-8-16(14(2)12-13)19-11-5-6-15(9-10-18)17(19,3)4/h7-8,12,15H,5-6,9,11H2,1-4H3. The summed E-state index contributed by atoms with van der Waals surface area (Å²) in [5, 5.41) is 9.03. The summed E-state index contributed by atoms with van der Waals surface area (Å²) >= 11 is 0. The van der Waals surface area contributed by atoms with Gasteiger partial charge in [0, 0.05) is 24.2 Å². The summed E-state index contributed by atoms with van der Waals surface area (Å²) in [7, 11) is 0. The van der Waals surface area contributed by atoms with Crippen molar-refractivity contribution in [3.8, 4) is 6.07 Å². The molecule has 102 valence electrons. The van der Waals surface area contributed by atoms with Gasteiger partial charge in [-0.1, -0.05) is 17.7 Å². The second kappa shape index (κ2) is 5.25. The number of nitriles is 1. The number of hydrogen-bond acceptors (Lipinski definition) is 2. The third kappa shape index (κ3) is 2.61. The van der Waals surface area contributed by atoms with Crippen LogP contribution in [-0.2, 0) is 0 Å². The topological polar surface area (TPSA) is 27.0 Å². The smallest absolute Gasteiger partial charge is 0.0625 e. The van der Waals surface area contributed by atoms with Crippen LogP contribution in [0.3, 0.4) is 0 Å². The van der Waals surface area contributed by atoms with E-state index >= 15 is 0 Å². The molecule has 0 N–H and O–H groups in total. The highest BCUT2D eigenvalue weighted by atomic mass is 15.2. The van der Waals surface area contributed by atoms with Gasteiger partial charge in [0.25, 0.3) is 0 Å². The van der Waals surface area contributed by atoms with Gasteiger partial charge in [0.1, 0.15) is 0 Å². The molecule has 1 saturated heterocycles. The first kappa shape index (κ1) is 13.9. The van der Waals surface area contributed by atoms with E-state index in [9.17, 15) is 0 Å². The molecule has 1 unspecified atom stereocenters. The summed E-state index contributed by atoms with van der Waals surface area (Å²) in [5.74, 6) is 0.465. The minimum atomic E-state index is 0.0635. The van der Waals surface area contributed by atoms with Gasteiger partial charge < -0.3 is 4.90 Å². The lowest BCUT2D eigenvalue weighted by molar-refractivity contribution is 0.241. The number of benzene rings is 1. The van der Waals surface area contributed by atoms with E-state index in [0.29, 0.717) is 12.3 Å². The van der Waals surface area contributed by atoms with Crippen molar-refractivity contribution in [2.45, 2.75) is 52.5 Å². The van der Waals surface area contributed by atoms with Crippen molar-refractivity contribution < 1.29 is 0 Å². The van der Waals surface area contributed by atoms with Crippen molar-refractivity contribution in [2.75, 3.05) is 11.4 Å². The zero-order valence-electron chi connectivity index (χ0n) is 12.5. The zero-order valence-corrected chi connectivity index (χ0v) is 12.5. The molecule has 2 nitrogen and oxygen atoms in total. The normalized spacial score (nSPS) is 22.1. The van der Waals surface area contributed by atoms with Gasteiger partial charge in [-0.2, -0.15) is 5.26 Å². The molecular weight excluding hydrogens is 232 g/mol. The maximum Gasteiger partial charge on any atom is 0.0625 e. The molecule has 2 rings (SSSR count). The Labute approximate surface area is 117 Å². The fourth-order valence-electron chi connectivity index (χ4n) is 3.36. The third-order valence-corrected chi connectivity index (χ3v) is 4.61. The molecule has 0 aliphatic carbocycles. The minimum Gasteiger partial charge on any atom is -0.366 e. The van der Waals surface area contributed by atoms with E-state index in [1.54, 1.807) is 0 Å². The Morgan fingerprint density at radius 1 is 1.37 bits per heavy atom. The summed E-state index contributed by atoms with van der Waals surface area (Å²) in [5.41, 5.74) is 4.04. The van der Waals surface area contributed by atoms with E-state index in [-0.39, 0.29) is 5.54 Å². The van der Waals surface area contributed by atoms with Crippen LogP contribution in [0.25, 0.3) is 0 Å². The highest BCUT2D eigenvalue weighted by molar-refractivity contribution is 5.56. The fraction of sp³-hybridized carbons (Fsp3) is 0.588. The van der Waals surface area contributed by atoms with Crippen molar-refractivity contribution in [1.29, 1.82) is 5.26 Å². The summed E-state index contributed by atoms with van der Waals surface area (Å²) in [6.07, 6.45) is 3.01. The number of anilines is 1. The first-order valence-corrected chi connectivity index (χ1v) is 7.18. The zero-order chi connectivity index (χ0) is 14.0. The highest BCUT2D eigenvalue weighted by Crippen LogP contribution is 2.39. The van der Waals surface area contributed by atoms with Gasteiger partial charge in [-0.05, 0) is 58.1 Å². The molecule has 0 spiro atoms. The Morgan fingerprint density at radius 2 is 2.11 bits per heavy atom. The Bertz CT molecular complexity index is 496. The van der Waals surface area contributed by atoms with Crippen LogP contribution in [-0.4, -0.2) is 12.1 Å². The monoisotopic (exact) mass is 256 g/mol. The molecule has 1 fully saturated rings. The maximum atomic E-state index is 9.03. The van der Waals surface area contributed by atoms with E-state index < -0.39 is 0 Å². The minimum absolute atomic E-state index is 0.0635. The van der Waals surface area contributed by atoms with Gasteiger partial charge in [-0.15, -0.1) is 0 Å². The molecule has 0 saturated carbocycles. The summed E-state index contributed by atoms with van der Waals surface area (Å²) in [4.78, 5) is 2.51. The Kier molecular flexibility index (Phi) is 3.85. The van der Waals surface area contributed by atoms with Crippen LogP contribution in [0.15, 0.2) is 18.2 Å². The van der Waals surface area contributed by atoms with Gasteiger partial charge in [0.15, 0.2) is 0 Å². The molecule has 1 atom stereocenters. The molecule has 1 aliphatic heterocycles. The van der Waals surface area contributed by atoms with Crippen LogP contribution >= 0.6 is 0 Å². The van der Waals surface area contributed by atoms with Crippen LogP contribution in [0.2, 0.25) is 0 Å².